The topological polar surface area (TPSA) is 12.4 Å². The Morgan fingerprint density at radius 2 is 2.00 bits per heavy atom. The van der Waals surface area contributed by atoms with Gasteiger partial charge >= 0.3 is 0 Å². The van der Waals surface area contributed by atoms with E-state index in [1.54, 1.807) is 18.0 Å². The van der Waals surface area contributed by atoms with Gasteiger partial charge in [-0.2, -0.15) is 0 Å². The highest BCUT2D eigenvalue weighted by Crippen LogP contribution is 2.12. The van der Waals surface area contributed by atoms with Gasteiger partial charge in [0.25, 0.3) is 0 Å². The molecule has 0 spiro atoms. The molecule has 0 saturated heterocycles. The molecule has 0 aromatic rings. The van der Waals surface area contributed by atoms with E-state index in [2.05, 4.69) is 32.3 Å². The Morgan fingerprint density at radius 1 is 1.50 bits per heavy atom. The van der Waals surface area contributed by atoms with Gasteiger partial charge in [-0.25, -0.2) is 0 Å². The second-order valence-electron chi connectivity index (χ2n) is 2.24. The van der Waals surface area contributed by atoms with Crippen molar-refractivity contribution in [2.24, 2.45) is 10.9 Å². The molecule has 0 saturated carbocycles. The first kappa shape index (κ1) is 14.3. The summed E-state index contributed by atoms with van der Waals surface area (Å²) in [5.74, 6) is 1.62. The summed E-state index contributed by atoms with van der Waals surface area (Å²) in [6, 6.07) is 0. The molecule has 0 N–H and O–H groups in total. The zero-order valence-electron chi connectivity index (χ0n) is 8.92. The first-order valence-corrected chi connectivity index (χ1v) is 5.52. The Balaban J connectivity index is 0. The average molecular weight is 187 g/mol. The number of thioether (sulfide) groups is 1. The molecule has 0 atom stereocenters. The highest BCUT2D eigenvalue weighted by Gasteiger charge is 2.02. The molecular formula is C10H21NS. The Labute approximate surface area is 81.4 Å². The fraction of sp³-hybridized carbons (Fsp3) is 0.700. The van der Waals surface area contributed by atoms with Gasteiger partial charge in [0.05, 0.1) is 5.04 Å². The van der Waals surface area contributed by atoms with E-state index in [1.807, 2.05) is 13.8 Å². The zero-order valence-corrected chi connectivity index (χ0v) is 9.74. The fourth-order valence-corrected chi connectivity index (χ4v) is 1.37. The van der Waals surface area contributed by atoms with Crippen molar-refractivity contribution in [3.8, 4) is 0 Å². The second-order valence-corrected chi connectivity index (χ2v) is 3.52. The molecule has 12 heavy (non-hydrogen) atoms. The number of hydrogen-bond acceptors (Lipinski definition) is 2. The largest absolute Gasteiger partial charge is 0.255 e. The summed E-state index contributed by atoms with van der Waals surface area (Å²) in [7, 11) is 0. The highest BCUT2D eigenvalue weighted by atomic mass is 32.2. The lowest BCUT2D eigenvalue weighted by atomic mass is 10.2. The molecule has 72 valence electrons. The molecule has 0 aliphatic heterocycles. The van der Waals surface area contributed by atoms with Crippen LogP contribution in [0.5, 0.6) is 0 Å². The lowest BCUT2D eigenvalue weighted by Crippen LogP contribution is -2.01. The molecule has 0 rings (SSSR count). The van der Waals surface area contributed by atoms with Gasteiger partial charge in [0.1, 0.15) is 0 Å². The molecule has 0 aromatic carbocycles. The molecule has 0 aliphatic carbocycles. The predicted octanol–water partition coefficient (Wildman–Crippen LogP) is 3.96. The van der Waals surface area contributed by atoms with Crippen molar-refractivity contribution in [1.29, 1.82) is 0 Å². The molecule has 0 unspecified atom stereocenters. The number of rotatable bonds is 3. The molecule has 0 aliphatic rings. The Bertz CT molecular complexity index is 128. The van der Waals surface area contributed by atoms with Crippen molar-refractivity contribution in [2.45, 2.75) is 34.6 Å². The molecule has 1 nitrogen and oxygen atoms in total. The van der Waals surface area contributed by atoms with Crippen LogP contribution in [0.1, 0.15) is 34.6 Å². The Hall–Kier alpha value is -0.240. The fourth-order valence-electron chi connectivity index (χ4n) is 0.591. The normalized spacial score (nSPS) is 10.7. The van der Waals surface area contributed by atoms with Crippen LogP contribution in [0.2, 0.25) is 0 Å². The van der Waals surface area contributed by atoms with Crippen LogP contribution in [0.15, 0.2) is 17.8 Å². The van der Waals surface area contributed by atoms with E-state index >= 15 is 0 Å². The Kier molecular flexibility index (Phi) is 12.8. The molecule has 0 radical (unpaired) electrons. The summed E-state index contributed by atoms with van der Waals surface area (Å²) < 4.78 is 0. The molecule has 0 fully saturated rings. The van der Waals surface area contributed by atoms with Crippen LogP contribution in [0.25, 0.3) is 0 Å². The molecular weight excluding hydrogens is 166 g/mol. The third kappa shape index (κ3) is 7.86. The monoisotopic (exact) mass is 187 g/mol. The predicted molar refractivity (Wildman–Crippen MR) is 62.0 cm³/mol. The van der Waals surface area contributed by atoms with Gasteiger partial charge in [0.15, 0.2) is 0 Å². The van der Waals surface area contributed by atoms with Gasteiger partial charge < -0.3 is 0 Å². The third-order valence-corrected chi connectivity index (χ3v) is 2.17. The molecule has 0 amide bonds. The first-order valence-electron chi connectivity index (χ1n) is 4.53. The van der Waals surface area contributed by atoms with Crippen molar-refractivity contribution >= 4 is 16.8 Å². The van der Waals surface area contributed by atoms with E-state index in [9.17, 15) is 0 Å². The van der Waals surface area contributed by atoms with Crippen molar-refractivity contribution in [3.05, 3.63) is 12.8 Å². The van der Waals surface area contributed by atoms with Crippen LogP contribution < -0.4 is 0 Å². The third-order valence-electron chi connectivity index (χ3n) is 1.00. The molecule has 2 heteroatoms. The van der Waals surface area contributed by atoms with Crippen molar-refractivity contribution < 1.29 is 0 Å². The van der Waals surface area contributed by atoms with Crippen molar-refractivity contribution in [1.82, 2.24) is 0 Å². The van der Waals surface area contributed by atoms with Crippen LogP contribution in [0.3, 0.4) is 0 Å². The minimum atomic E-state index is 0.531. The summed E-state index contributed by atoms with van der Waals surface area (Å²) in [5, 5.41) is 1.18. The maximum absolute atomic E-state index is 4.16. The van der Waals surface area contributed by atoms with E-state index in [0.717, 1.165) is 5.75 Å². The van der Waals surface area contributed by atoms with Crippen LogP contribution in [-0.2, 0) is 0 Å². The van der Waals surface area contributed by atoms with Gasteiger partial charge in [-0.3, -0.25) is 4.99 Å². The van der Waals surface area contributed by atoms with Crippen molar-refractivity contribution in [2.75, 3.05) is 5.75 Å². The van der Waals surface area contributed by atoms with Gasteiger partial charge in [-0.15, -0.1) is 11.8 Å². The van der Waals surface area contributed by atoms with Crippen LogP contribution in [-0.4, -0.2) is 10.8 Å². The summed E-state index contributed by atoms with van der Waals surface area (Å²) in [4.78, 5) is 4.16. The SMILES string of the molecule is C=CN=C(SCC)C(C)C.CC. The Morgan fingerprint density at radius 3 is 2.25 bits per heavy atom. The van der Waals surface area contributed by atoms with E-state index in [0.29, 0.717) is 5.92 Å². The maximum atomic E-state index is 4.16. The minimum Gasteiger partial charge on any atom is -0.255 e. The molecule has 0 heterocycles. The standard InChI is InChI=1S/C8H15NS.C2H6/c1-5-9-8(7(3)4)10-6-2;1-2/h5,7H,1,6H2,2-4H3;1-2H3. The number of hydrogen-bond donors (Lipinski definition) is 0. The van der Waals surface area contributed by atoms with E-state index in [4.69, 9.17) is 0 Å². The van der Waals surface area contributed by atoms with Crippen LogP contribution in [0, 0.1) is 5.92 Å². The van der Waals surface area contributed by atoms with Gasteiger partial charge in [-0.05, 0) is 5.75 Å². The summed E-state index contributed by atoms with van der Waals surface area (Å²) in [6.45, 7) is 14.0. The van der Waals surface area contributed by atoms with Gasteiger partial charge in [-0.1, -0.05) is 41.2 Å². The summed E-state index contributed by atoms with van der Waals surface area (Å²) in [6.07, 6.45) is 1.61. The number of aliphatic imine (C=N–C) groups is 1. The van der Waals surface area contributed by atoms with Gasteiger partial charge in [0, 0.05) is 12.1 Å². The number of nitrogens with zero attached hydrogens (tertiary/aromatic N) is 1. The first-order chi connectivity index (χ1) is 5.72. The van der Waals surface area contributed by atoms with E-state index in [1.165, 1.54) is 5.04 Å². The second kappa shape index (κ2) is 10.8. The summed E-state index contributed by atoms with van der Waals surface area (Å²) in [5.41, 5.74) is 0. The summed E-state index contributed by atoms with van der Waals surface area (Å²) >= 11 is 1.79. The lowest BCUT2D eigenvalue weighted by molar-refractivity contribution is 0.900. The maximum Gasteiger partial charge on any atom is 0.0756 e. The van der Waals surface area contributed by atoms with E-state index < -0.39 is 0 Å². The lowest BCUT2D eigenvalue weighted by Gasteiger charge is -2.05. The smallest absolute Gasteiger partial charge is 0.0756 e. The van der Waals surface area contributed by atoms with Crippen LogP contribution >= 0.6 is 11.8 Å². The van der Waals surface area contributed by atoms with Crippen LogP contribution in [0.4, 0.5) is 0 Å². The van der Waals surface area contributed by atoms with Crippen molar-refractivity contribution in [3.63, 3.8) is 0 Å². The quantitative estimate of drug-likeness (QED) is 0.481. The van der Waals surface area contributed by atoms with Gasteiger partial charge in [0.2, 0.25) is 0 Å². The minimum absolute atomic E-state index is 0.531. The molecule has 0 aromatic heterocycles. The van der Waals surface area contributed by atoms with E-state index in [-0.39, 0.29) is 0 Å². The zero-order chi connectivity index (χ0) is 9.98. The highest BCUT2D eigenvalue weighted by molar-refractivity contribution is 8.13. The average Bonchev–Trinajstić information content (AvgIpc) is 2.08. The molecule has 0 bridgehead atoms.